The first-order valence-corrected chi connectivity index (χ1v) is 8.97. The molecule has 6 nitrogen and oxygen atoms in total. The van der Waals surface area contributed by atoms with E-state index in [0.717, 1.165) is 17.1 Å². The molecule has 3 heterocycles. The molecule has 0 amide bonds. The zero-order valence-electron chi connectivity index (χ0n) is 15.9. The number of hydrogen-bond donors (Lipinski definition) is 0. The van der Waals surface area contributed by atoms with Gasteiger partial charge in [0, 0.05) is 5.56 Å². The molecule has 0 radical (unpaired) electrons. The van der Waals surface area contributed by atoms with Crippen molar-refractivity contribution in [2.24, 2.45) is 0 Å². The van der Waals surface area contributed by atoms with Gasteiger partial charge in [0.25, 0.3) is 0 Å². The Labute approximate surface area is 154 Å². The molecule has 3 aliphatic heterocycles. The van der Waals surface area contributed by atoms with Crippen LogP contribution in [0.25, 0.3) is 5.76 Å². The maximum absolute atomic E-state index is 6.34. The van der Waals surface area contributed by atoms with Gasteiger partial charge in [-0.25, -0.2) is 0 Å². The number of methoxy groups -OCH3 is 1. The minimum Gasteiger partial charge on any atom is -0.497 e. The average molecular weight is 362 g/mol. The number of rotatable bonds is 3. The smallest absolute Gasteiger partial charge is 0.164 e. The van der Waals surface area contributed by atoms with Gasteiger partial charge in [0.2, 0.25) is 0 Å². The van der Waals surface area contributed by atoms with E-state index in [1.54, 1.807) is 7.11 Å². The lowest BCUT2D eigenvalue weighted by Gasteiger charge is -2.35. The highest BCUT2D eigenvalue weighted by Crippen LogP contribution is 2.41. The standard InChI is InChI=1S/C20H26O6/c1-19(2)22-11-16(25-19)17-18-15(24-20(3,4)26-18)10-14(23-17)12-6-8-13(21-5)9-7-12/h6-10,15-18H,11H2,1-5H3/t15-,16-,17+,18-/m1/s1. The van der Waals surface area contributed by atoms with Crippen molar-refractivity contribution >= 4 is 5.76 Å². The van der Waals surface area contributed by atoms with Gasteiger partial charge in [-0.1, -0.05) is 0 Å². The Morgan fingerprint density at radius 3 is 2.27 bits per heavy atom. The Hall–Kier alpha value is -1.60. The summed E-state index contributed by atoms with van der Waals surface area (Å²) in [6.07, 6.45) is 1.00. The lowest BCUT2D eigenvalue weighted by Crippen LogP contribution is -2.48. The number of hydrogen-bond acceptors (Lipinski definition) is 6. The Morgan fingerprint density at radius 1 is 0.923 bits per heavy atom. The lowest BCUT2D eigenvalue weighted by atomic mass is 9.98. The van der Waals surface area contributed by atoms with Gasteiger partial charge in [-0.2, -0.15) is 0 Å². The number of benzene rings is 1. The molecule has 4 rings (SSSR count). The molecule has 1 aromatic carbocycles. The number of fused-ring (bicyclic) bond motifs is 1. The second kappa shape index (κ2) is 6.23. The van der Waals surface area contributed by atoms with Gasteiger partial charge in [-0.15, -0.1) is 0 Å². The van der Waals surface area contributed by atoms with Gasteiger partial charge in [-0.05, 0) is 58.0 Å². The van der Waals surface area contributed by atoms with E-state index in [0.29, 0.717) is 6.61 Å². The van der Waals surface area contributed by atoms with Gasteiger partial charge < -0.3 is 28.4 Å². The van der Waals surface area contributed by atoms with Gasteiger partial charge >= 0.3 is 0 Å². The summed E-state index contributed by atoms with van der Waals surface area (Å²) >= 11 is 0. The third kappa shape index (κ3) is 3.34. The highest BCUT2D eigenvalue weighted by atomic mass is 16.8. The maximum Gasteiger partial charge on any atom is 0.164 e. The van der Waals surface area contributed by atoms with Crippen molar-refractivity contribution in [1.82, 2.24) is 0 Å². The first-order valence-electron chi connectivity index (χ1n) is 8.97. The summed E-state index contributed by atoms with van der Waals surface area (Å²) < 4.78 is 35.6. The normalized spacial score (nSPS) is 34.7. The van der Waals surface area contributed by atoms with Crippen LogP contribution in [0, 0.1) is 0 Å². The van der Waals surface area contributed by atoms with Crippen LogP contribution >= 0.6 is 0 Å². The van der Waals surface area contributed by atoms with E-state index >= 15 is 0 Å². The predicted octanol–water partition coefficient (Wildman–Crippen LogP) is 3.11. The Kier molecular flexibility index (Phi) is 4.27. The van der Waals surface area contributed by atoms with Crippen LogP contribution in [-0.2, 0) is 23.7 Å². The Balaban J connectivity index is 1.63. The van der Waals surface area contributed by atoms with Gasteiger partial charge in [0.1, 0.15) is 29.8 Å². The predicted molar refractivity (Wildman–Crippen MR) is 94.6 cm³/mol. The molecule has 2 fully saturated rings. The molecule has 0 saturated carbocycles. The van der Waals surface area contributed by atoms with Crippen LogP contribution in [0.1, 0.15) is 33.3 Å². The highest BCUT2D eigenvalue weighted by Gasteiger charge is 2.53. The minimum atomic E-state index is -0.669. The molecule has 0 unspecified atom stereocenters. The van der Waals surface area contributed by atoms with E-state index in [1.165, 1.54) is 0 Å². The van der Waals surface area contributed by atoms with E-state index in [-0.39, 0.29) is 24.4 Å². The zero-order valence-corrected chi connectivity index (χ0v) is 15.9. The molecule has 26 heavy (non-hydrogen) atoms. The summed E-state index contributed by atoms with van der Waals surface area (Å²) in [7, 11) is 1.65. The maximum atomic E-state index is 6.34. The average Bonchev–Trinajstić information content (AvgIpc) is 3.11. The second-order valence-electron chi connectivity index (χ2n) is 7.77. The molecular weight excluding hydrogens is 336 g/mol. The monoisotopic (exact) mass is 362 g/mol. The summed E-state index contributed by atoms with van der Waals surface area (Å²) in [5.74, 6) is 0.265. The fraction of sp³-hybridized carbons (Fsp3) is 0.600. The van der Waals surface area contributed by atoms with Crippen molar-refractivity contribution in [2.45, 2.75) is 63.7 Å². The second-order valence-corrected chi connectivity index (χ2v) is 7.77. The van der Waals surface area contributed by atoms with Crippen molar-refractivity contribution in [3.8, 4) is 5.75 Å². The quantitative estimate of drug-likeness (QED) is 0.824. The first-order chi connectivity index (χ1) is 12.3. The SMILES string of the molecule is COc1ccc(C2=C[C@H]3OC(C)(C)O[C@H]3[C@H]([C@H]3COC(C)(C)O3)O2)cc1. The fourth-order valence-electron chi connectivity index (χ4n) is 3.69. The molecule has 0 aromatic heterocycles. The van der Waals surface area contributed by atoms with Crippen LogP contribution in [0.2, 0.25) is 0 Å². The Morgan fingerprint density at radius 2 is 1.65 bits per heavy atom. The summed E-state index contributed by atoms with van der Waals surface area (Å²) in [5.41, 5.74) is 0.959. The van der Waals surface area contributed by atoms with Crippen LogP contribution in [0.15, 0.2) is 30.3 Å². The van der Waals surface area contributed by atoms with E-state index in [1.807, 2.05) is 58.0 Å². The van der Waals surface area contributed by atoms with Gasteiger partial charge in [-0.3, -0.25) is 0 Å². The molecule has 0 aliphatic carbocycles. The highest BCUT2D eigenvalue weighted by molar-refractivity contribution is 5.62. The van der Waals surface area contributed by atoms with Crippen LogP contribution in [0.4, 0.5) is 0 Å². The van der Waals surface area contributed by atoms with Crippen LogP contribution in [0.5, 0.6) is 5.75 Å². The van der Waals surface area contributed by atoms with E-state index in [9.17, 15) is 0 Å². The summed E-state index contributed by atoms with van der Waals surface area (Å²) in [5, 5.41) is 0. The van der Waals surface area contributed by atoms with E-state index in [4.69, 9.17) is 28.4 Å². The van der Waals surface area contributed by atoms with Crippen LogP contribution < -0.4 is 4.74 Å². The zero-order chi connectivity index (χ0) is 18.5. The third-order valence-corrected chi connectivity index (χ3v) is 4.84. The van der Waals surface area contributed by atoms with Crippen molar-refractivity contribution < 1.29 is 28.4 Å². The molecule has 2 saturated heterocycles. The molecule has 3 aliphatic rings. The summed E-state index contributed by atoms with van der Waals surface area (Å²) in [4.78, 5) is 0. The molecule has 0 N–H and O–H groups in total. The fourth-order valence-corrected chi connectivity index (χ4v) is 3.69. The van der Waals surface area contributed by atoms with Crippen molar-refractivity contribution in [3.63, 3.8) is 0 Å². The van der Waals surface area contributed by atoms with Crippen molar-refractivity contribution in [1.29, 1.82) is 0 Å². The lowest BCUT2D eigenvalue weighted by molar-refractivity contribution is -0.177. The molecule has 0 spiro atoms. The Bertz CT molecular complexity index is 693. The van der Waals surface area contributed by atoms with Crippen molar-refractivity contribution in [2.75, 3.05) is 13.7 Å². The molecule has 0 bridgehead atoms. The first kappa shape index (κ1) is 17.8. The van der Waals surface area contributed by atoms with Gasteiger partial charge in [0.15, 0.2) is 17.7 Å². The summed E-state index contributed by atoms with van der Waals surface area (Å²) in [6.45, 7) is 8.10. The largest absolute Gasteiger partial charge is 0.497 e. The third-order valence-electron chi connectivity index (χ3n) is 4.84. The number of ether oxygens (including phenoxy) is 6. The topological polar surface area (TPSA) is 55.4 Å². The van der Waals surface area contributed by atoms with Crippen LogP contribution in [0.3, 0.4) is 0 Å². The molecule has 1 aromatic rings. The minimum absolute atomic E-state index is 0.201. The van der Waals surface area contributed by atoms with E-state index in [2.05, 4.69) is 0 Å². The van der Waals surface area contributed by atoms with Crippen LogP contribution in [-0.4, -0.2) is 49.7 Å². The molecule has 6 heteroatoms. The van der Waals surface area contributed by atoms with Crippen molar-refractivity contribution in [3.05, 3.63) is 35.9 Å². The molecule has 4 atom stereocenters. The summed E-state index contributed by atoms with van der Waals surface area (Å²) in [6, 6.07) is 7.77. The molecule has 142 valence electrons. The molecular formula is C20H26O6. The van der Waals surface area contributed by atoms with E-state index < -0.39 is 11.6 Å². The van der Waals surface area contributed by atoms with Gasteiger partial charge in [0.05, 0.1) is 13.7 Å².